The second-order valence-corrected chi connectivity index (χ2v) is 4.36. The minimum Gasteiger partial charge on any atom is -0.481 e. The lowest BCUT2D eigenvalue weighted by Crippen LogP contribution is -2.00. The van der Waals surface area contributed by atoms with E-state index in [0.29, 0.717) is 11.9 Å². The molecule has 6 heteroatoms. The molecule has 0 aliphatic rings. The van der Waals surface area contributed by atoms with E-state index in [9.17, 15) is 0 Å². The number of aromatic nitrogens is 4. The van der Waals surface area contributed by atoms with Gasteiger partial charge in [0.25, 0.3) is 0 Å². The van der Waals surface area contributed by atoms with Crippen molar-refractivity contribution in [1.29, 1.82) is 0 Å². The zero-order chi connectivity index (χ0) is 13.3. The van der Waals surface area contributed by atoms with Gasteiger partial charge < -0.3 is 10.5 Å². The van der Waals surface area contributed by atoms with Gasteiger partial charge in [-0.25, -0.2) is 4.98 Å². The Kier molecular flexibility index (Phi) is 3.18. The molecule has 18 heavy (non-hydrogen) atoms. The first kappa shape index (κ1) is 12.3. The molecule has 0 unspecified atom stereocenters. The first-order valence-corrected chi connectivity index (χ1v) is 5.76. The van der Waals surface area contributed by atoms with Crippen LogP contribution in [0.4, 0.5) is 5.95 Å². The van der Waals surface area contributed by atoms with Crippen LogP contribution in [0.2, 0.25) is 0 Å². The number of nitrogens with two attached hydrogens (primary N) is 1. The lowest BCUT2D eigenvalue weighted by molar-refractivity contribution is 0.398. The average Bonchev–Trinajstić information content (AvgIpc) is 2.70. The van der Waals surface area contributed by atoms with E-state index in [4.69, 9.17) is 10.5 Å². The van der Waals surface area contributed by atoms with Crippen molar-refractivity contribution in [2.45, 2.75) is 26.8 Å². The van der Waals surface area contributed by atoms with Crippen LogP contribution in [0.3, 0.4) is 0 Å². The highest BCUT2D eigenvalue weighted by Crippen LogP contribution is 2.25. The molecule has 96 valence electrons. The normalized spacial score (nSPS) is 10.9. The molecule has 2 aromatic heterocycles. The molecule has 2 rings (SSSR count). The van der Waals surface area contributed by atoms with Gasteiger partial charge in [-0.15, -0.1) is 0 Å². The zero-order valence-corrected chi connectivity index (χ0v) is 11.0. The number of aryl methyl sites for hydroxylation is 1. The van der Waals surface area contributed by atoms with Gasteiger partial charge in [0, 0.05) is 23.9 Å². The van der Waals surface area contributed by atoms with E-state index in [-0.39, 0.29) is 5.95 Å². The van der Waals surface area contributed by atoms with Crippen LogP contribution in [-0.4, -0.2) is 26.9 Å². The lowest BCUT2D eigenvalue weighted by atomic mass is 10.2. The summed E-state index contributed by atoms with van der Waals surface area (Å²) in [6.07, 6.45) is 1.96. The molecule has 0 aliphatic heterocycles. The first-order chi connectivity index (χ1) is 8.51. The van der Waals surface area contributed by atoms with Crippen LogP contribution in [-0.2, 0) is 0 Å². The molecule has 0 saturated heterocycles. The van der Waals surface area contributed by atoms with E-state index in [1.54, 1.807) is 13.2 Å². The van der Waals surface area contributed by atoms with Crippen molar-refractivity contribution in [2.24, 2.45) is 0 Å². The van der Waals surface area contributed by atoms with Gasteiger partial charge in [0.05, 0.1) is 18.5 Å². The molecule has 0 atom stereocenters. The molecule has 2 aromatic rings. The van der Waals surface area contributed by atoms with Crippen molar-refractivity contribution in [1.82, 2.24) is 19.7 Å². The summed E-state index contributed by atoms with van der Waals surface area (Å²) in [5.41, 5.74) is 8.23. The second kappa shape index (κ2) is 4.64. The Morgan fingerprint density at radius 3 is 2.61 bits per heavy atom. The summed E-state index contributed by atoms with van der Waals surface area (Å²) in [4.78, 5) is 8.19. The van der Waals surface area contributed by atoms with Gasteiger partial charge in [-0.2, -0.15) is 10.1 Å². The van der Waals surface area contributed by atoms with Crippen molar-refractivity contribution in [3.8, 4) is 17.1 Å². The van der Waals surface area contributed by atoms with Crippen LogP contribution in [0, 0.1) is 6.92 Å². The summed E-state index contributed by atoms with van der Waals surface area (Å²) in [5, 5.41) is 4.45. The molecule has 0 amide bonds. The van der Waals surface area contributed by atoms with Crippen LogP contribution in [0.15, 0.2) is 12.3 Å². The predicted octanol–water partition coefficient (Wildman–Crippen LogP) is 1.82. The summed E-state index contributed by atoms with van der Waals surface area (Å²) in [6.45, 7) is 6.09. The molecule has 0 bridgehead atoms. The number of ether oxygens (including phenoxy) is 1. The fraction of sp³-hybridized carbons (Fsp3) is 0.417. The average molecular weight is 247 g/mol. The predicted molar refractivity (Wildman–Crippen MR) is 69.3 cm³/mol. The Labute approximate surface area is 106 Å². The van der Waals surface area contributed by atoms with Gasteiger partial charge in [-0.05, 0) is 20.8 Å². The van der Waals surface area contributed by atoms with Crippen LogP contribution in [0.25, 0.3) is 11.3 Å². The van der Waals surface area contributed by atoms with Gasteiger partial charge in [0.15, 0.2) is 0 Å². The molecule has 2 N–H and O–H groups in total. The zero-order valence-electron chi connectivity index (χ0n) is 11.0. The highest BCUT2D eigenvalue weighted by Gasteiger charge is 2.12. The maximum atomic E-state index is 5.66. The van der Waals surface area contributed by atoms with E-state index in [2.05, 4.69) is 28.9 Å². The van der Waals surface area contributed by atoms with Crippen LogP contribution in [0.5, 0.6) is 5.88 Å². The van der Waals surface area contributed by atoms with E-state index in [1.165, 1.54) is 0 Å². The van der Waals surface area contributed by atoms with E-state index in [1.807, 2.05) is 17.8 Å². The number of anilines is 1. The minimum atomic E-state index is 0.195. The Hall–Kier alpha value is -2.11. The van der Waals surface area contributed by atoms with Gasteiger partial charge in [-0.3, -0.25) is 4.68 Å². The molecule has 2 heterocycles. The van der Waals surface area contributed by atoms with Crippen LogP contribution < -0.4 is 10.5 Å². The summed E-state index contributed by atoms with van der Waals surface area (Å²) in [7, 11) is 1.55. The standard InChI is InChI=1S/C12H17N5O/c1-7(2)17-6-9(8(3)16-17)10-5-11(18-4)15-12(13)14-10/h5-7H,1-4H3,(H2,13,14,15). The third kappa shape index (κ3) is 2.27. The van der Waals surface area contributed by atoms with E-state index >= 15 is 0 Å². The quantitative estimate of drug-likeness (QED) is 0.895. The Balaban J connectivity index is 2.51. The lowest BCUT2D eigenvalue weighted by Gasteiger charge is -2.04. The molecule has 0 saturated carbocycles. The molecule has 6 nitrogen and oxygen atoms in total. The first-order valence-electron chi connectivity index (χ1n) is 5.76. The number of nitrogen functional groups attached to an aromatic ring is 1. The highest BCUT2D eigenvalue weighted by atomic mass is 16.5. The van der Waals surface area contributed by atoms with Crippen molar-refractivity contribution in [3.63, 3.8) is 0 Å². The fourth-order valence-electron chi connectivity index (χ4n) is 1.68. The minimum absolute atomic E-state index is 0.195. The summed E-state index contributed by atoms with van der Waals surface area (Å²) in [5.74, 6) is 0.648. The van der Waals surface area contributed by atoms with Crippen LogP contribution >= 0.6 is 0 Å². The monoisotopic (exact) mass is 247 g/mol. The molecular formula is C12H17N5O. The van der Waals surface area contributed by atoms with Gasteiger partial charge in [0.1, 0.15) is 0 Å². The van der Waals surface area contributed by atoms with Crippen LogP contribution in [0.1, 0.15) is 25.6 Å². The number of rotatable bonds is 3. The van der Waals surface area contributed by atoms with E-state index in [0.717, 1.165) is 17.0 Å². The number of hydrogen-bond donors (Lipinski definition) is 1. The fourth-order valence-corrected chi connectivity index (χ4v) is 1.68. The maximum Gasteiger partial charge on any atom is 0.223 e. The van der Waals surface area contributed by atoms with Crippen molar-refractivity contribution < 1.29 is 4.74 Å². The van der Waals surface area contributed by atoms with Crippen molar-refractivity contribution in [2.75, 3.05) is 12.8 Å². The summed E-state index contributed by atoms with van der Waals surface area (Å²) in [6, 6.07) is 2.06. The molecule has 0 aromatic carbocycles. The highest BCUT2D eigenvalue weighted by molar-refractivity contribution is 5.63. The molecule has 0 spiro atoms. The van der Waals surface area contributed by atoms with Crippen molar-refractivity contribution >= 4 is 5.95 Å². The number of hydrogen-bond acceptors (Lipinski definition) is 5. The third-order valence-corrected chi connectivity index (χ3v) is 2.65. The maximum absolute atomic E-state index is 5.66. The topological polar surface area (TPSA) is 78.8 Å². The summed E-state index contributed by atoms with van der Waals surface area (Å²) < 4.78 is 6.99. The van der Waals surface area contributed by atoms with Crippen molar-refractivity contribution in [3.05, 3.63) is 18.0 Å². The molecule has 0 aliphatic carbocycles. The largest absolute Gasteiger partial charge is 0.481 e. The van der Waals surface area contributed by atoms with E-state index < -0.39 is 0 Å². The van der Waals surface area contributed by atoms with Gasteiger partial charge >= 0.3 is 0 Å². The smallest absolute Gasteiger partial charge is 0.223 e. The third-order valence-electron chi connectivity index (χ3n) is 2.65. The number of methoxy groups -OCH3 is 1. The number of nitrogens with zero attached hydrogens (tertiary/aromatic N) is 4. The molecular weight excluding hydrogens is 230 g/mol. The van der Waals surface area contributed by atoms with Gasteiger partial charge in [0.2, 0.25) is 11.8 Å². The Morgan fingerprint density at radius 2 is 2.06 bits per heavy atom. The Bertz CT molecular complexity index is 562. The Morgan fingerprint density at radius 1 is 1.33 bits per heavy atom. The molecule has 0 radical (unpaired) electrons. The SMILES string of the molecule is COc1cc(-c2cn(C(C)C)nc2C)nc(N)n1. The summed E-state index contributed by atoms with van der Waals surface area (Å²) >= 11 is 0. The second-order valence-electron chi connectivity index (χ2n) is 4.36. The van der Waals surface area contributed by atoms with Gasteiger partial charge in [-0.1, -0.05) is 0 Å². The molecule has 0 fully saturated rings.